The van der Waals surface area contributed by atoms with E-state index in [1.807, 2.05) is 49.5 Å². The van der Waals surface area contributed by atoms with E-state index in [-0.39, 0.29) is 5.91 Å². The molecule has 3 aromatic rings. The van der Waals surface area contributed by atoms with Gasteiger partial charge in [0.15, 0.2) is 0 Å². The second-order valence-corrected chi connectivity index (χ2v) is 6.08. The van der Waals surface area contributed by atoms with E-state index in [9.17, 15) is 4.79 Å². The number of rotatable bonds is 6. The fourth-order valence-corrected chi connectivity index (χ4v) is 2.77. The number of carbonyl (C=O) groups excluding carboxylic acids is 1. The van der Waals surface area contributed by atoms with Crippen molar-refractivity contribution >= 4 is 40.3 Å². The number of hydrazone groups is 1. The van der Waals surface area contributed by atoms with Gasteiger partial charge in [-0.3, -0.25) is 4.79 Å². The van der Waals surface area contributed by atoms with Gasteiger partial charge in [-0.25, -0.2) is 5.43 Å². The molecular formula is C19H19ClN4O. The van der Waals surface area contributed by atoms with Crippen LogP contribution in [0.4, 0.5) is 5.69 Å². The van der Waals surface area contributed by atoms with E-state index in [0.717, 1.165) is 22.2 Å². The zero-order valence-electron chi connectivity index (χ0n) is 13.8. The molecule has 3 N–H and O–H groups in total. The standard InChI is InChI=1S/C19H19ClN4O/c1-2-17(23-15-7-5-6-14(20)10-15)19(25)24-22-12-13-11-21-18-9-4-3-8-16(13)18/h3-12,17,21,23H,2H2,1H3,(H,24,25). The molecule has 0 radical (unpaired) electrons. The molecule has 0 aliphatic heterocycles. The summed E-state index contributed by atoms with van der Waals surface area (Å²) in [5, 5.41) is 8.93. The van der Waals surface area contributed by atoms with Gasteiger partial charge in [-0.1, -0.05) is 42.8 Å². The summed E-state index contributed by atoms with van der Waals surface area (Å²) in [6.45, 7) is 1.94. The normalized spacial score (nSPS) is 12.4. The second-order valence-electron chi connectivity index (χ2n) is 5.64. The van der Waals surface area contributed by atoms with Crippen LogP contribution in [0.2, 0.25) is 5.02 Å². The molecule has 0 aliphatic rings. The number of carbonyl (C=O) groups is 1. The number of anilines is 1. The van der Waals surface area contributed by atoms with Crippen molar-refractivity contribution in [3.05, 3.63) is 65.3 Å². The van der Waals surface area contributed by atoms with E-state index in [0.29, 0.717) is 11.4 Å². The minimum Gasteiger partial charge on any atom is -0.374 e. The number of amides is 1. The van der Waals surface area contributed by atoms with Gasteiger partial charge in [-0.15, -0.1) is 0 Å². The number of benzene rings is 2. The van der Waals surface area contributed by atoms with Crippen molar-refractivity contribution in [2.24, 2.45) is 5.10 Å². The minimum absolute atomic E-state index is 0.196. The number of para-hydroxylation sites is 1. The van der Waals surface area contributed by atoms with Gasteiger partial charge in [0, 0.05) is 33.4 Å². The van der Waals surface area contributed by atoms with Gasteiger partial charge in [0.05, 0.1) is 6.21 Å². The quantitative estimate of drug-likeness (QED) is 0.459. The molecular weight excluding hydrogens is 336 g/mol. The summed E-state index contributed by atoms with van der Waals surface area (Å²) in [6.07, 6.45) is 4.13. The van der Waals surface area contributed by atoms with Gasteiger partial charge in [-0.2, -0.15) is 5.10 Å². The van der Waals surface area contributed by atoms with Crippen LogP contribution in [0.1, 0.15) is 18.9 Å². The molecule has 1 amide bonds. The molecule has 0 saturated carbocycles. The summed E-state index contributed by atoms with van der Waals surface area (Å²) < 4.78 is 0. The van der Waals surface area contributed by atoms with Crippen molar-refractivity contribution in [3.8, 4) is 0 Å². The zero-order chi connectivity index (χ0) is 17.6. The lowest BCUT2D eigenvalue weighted by molar-refractivity contribution is -0.121. The molecule has 2 aromatic carbocycles. The molecule has 1 heterocycles. The third-order valence-corrected chi connectivity index (χ3v) is 4.12. The third-order valence-electron chi connectivity index (χ3n) is 3.89. The average molecular weight is 355 g/mol. The number of nitrogens with one attached hydrogen (secondary N) is 3. The van der Waals surface area contributed by atoms with E-state index in [1.54, 1.807) is 18.3 Å². The molecule has 25 heavy (non-hydrogen) atoms. The molecule has 0 saturated heterocycles. The third kappa shape index (κ3) is 4.19. The first-order valence-electron chi connectivity index (χ1n) is 8.08. The van der Waals surface area contributed by atoms with Crippen LogP contribution in [-0.2, 0) is 4.79 Å². The van der Waals surface area contributed by atoms with Crippen molar-refractivity contribution in [2.75, 3.05) is 5.32 Å². The van der Waals surface area contributed by atoms with Crippen molar-refractivity contribution in [1.29, 1.82) is 0 Å². The first-order valence-corrected chi connectivity index (χ1v) is 8.46. The van der Waals surface area contributed by atoms with Crippen molar-refractivity contribution in [1.82, 2.24) is 10.4 Å². The van der Waals surface area contributed by atoms with Gasteiger partial charge in [0.25, 0.3) is 5.91 Å². The Morgan fingerprint density at radius 1 is 1.28 bits per heavy atom. The van der Waals surface area contributed by atoms with Crippen LogP contribution < -0.4 is 10.7 Å². The predicted octanol–water partition coefficient (Wildman–Crippen LogP) is 4.16. The monoisotopic (exact) mass is 354 g/mol. The smallest absolute Gasteiger partial charge is 0.262 e. The minimum atomic E-state index is -0.390. The number of aromatic nitrogens is 1. The Morgan fingerprint density at radius 2 is 2.12 bits per heavy atom. The molecule has 1 atom stereocenters. The fraction of sp³-hybridized carbons (Fsp3) is 0.158. The number of fused-ring (bicyclic) bond motifs is 1. The van der Waals surface area contributed by atoms with E-state index in [4.69, 9.17) is 11.6 Å². The highest BCUT2D eigenvalue weighted by Gasteiger charge is 2.15. The number of halogens is 1. The zero-order valence-corrected chi connectivity index (χ0v) is 14.5. The van der Waals surface area contributed by atoms with E-state index in [2.05, 4.69) is 20.8 Å². The average Bonchev–Trinajstić information content (AvgIpc) is 3.03. The SMILES string of the molecule is CCC(Nc1cccc(Cl)c1)C(=O)NN=Cc1c[nH]c2ccccc12. The van der Waals surface area contributed by atoms with Crippen LogP contribution in [0.15, 0.2) is 59.8 Å². The lowest BCUT2D eigenvalue weighted by Crippen LogP contribution is -2.36. The highest BCUT2D eigenvalue weighted by Crippen LogP contribution is 2.17. The lowest BCUT2D eigenvalue weighted by atomic mass is 10.2. The maximum Gasteiger partial charge on any atom is 0.262 e. The summed E-state index contributed by atoms with van der Waals surface area (Å²) in [7, 11) is 0. The molecule has 0 spiro atoms. The number of H-pyrrole nitrogens is 1. The van der Waals surface area contributed by atoms with Crippen LogP contribution in [0, 0.1) is 0 Å². The van der Waals surface area contributed by atoms with Crippen LogP contribution in [-0.4, -0.2) is 23.1 Å². The van der Waals surface area contributed by atoms with Gasteiger partial charge >= 0.3 is 0 Å². The van der Waals surface area contributed by atoms with E-state index in [1.165, 1.54) is 0 Å². The highest BCUT2D eigenvalue weighted by atomic mass is 35.5. The number of hydrogen-bond acceptors (Lipinski definition) is 3. The highest BCUT2D eigenvalue weighted by molar-refractivity contribution is 6.30. The van der Waals surface area contributed by atoms with E-state index >= 15 is 0 Å². The molecule has 128 valence electrons. The van der Waals surface area contributed by atoms with Crippen LogP contribution in [0.3, 0.4) is 0 Å². The van der Waals surface area contributed by atoms with Crippen molar-refractivity contribution in [2.45, 2.75) is 19.4 Å². The molecule has 5 nitrogen and oxygen atoms in total. The Hall–Kier alpha value is -2.79. The van der Waals surface area contributed by atoms with Gasteiger partial charge in [0.2, 0.25) is 0 Å². The van der Waals surface area contributed by atoms with Crippen LogP contribution in [0.25, 0.3) is 10.9 Å². The van der Waals surface area contributed by atoms with Gasteiger partial charge < -0.3 is 10.3 Å². The topological polar surface area (TPSA) is 69.3 Å². The lowest BCUT2D eigenvalue weighted by Gasteiger charge is -2.16. The number of nitrogens with zero attached hydrogens (tertiary/aromatic N) is 1. The van der Waals surface area contributed by atoms with Gasteiger partial charge in [-0.05, 0) is 30.7 Å². The first kappa shape index (κ1) is 17.0. The van der Waals surface area contributed by atoms with Gasteiger partial charge in [0.1, 0.15) is 6.04 Å². The fourth-order valence-electron chi connectivity index (χ4n) is 2.58. The molecule has 6 heteroatoms. The van der Waals surface area contributed by atoms with E-state index < -0.39 is 6.04 Å². The van der Waals surface area contributed by atoms with Crippen molar-refractivity contribution in [3.63, 3.8) is 0 Å². The molecule has 0 bridgehead atoms. The number of hydrogen-bond donors (Lipinski definition) is 3. The Bertz CT molecular complexity index is 903. The second kappa shape index (κ2) is 7.85. The summed E-state index contributed by atoms with van der Waals surface area (Å²) in [5.74, 6) is -0.196. The first-order chi connectivity index (χ1) is 12.2. The summed E-state index contributed by atoms with van der Waals surface area (Å²) >= 11 is 5.97. The summed E-state index contributed by atoms with van der Waals surface area (Å²) in [5.41, 5.74) is 5.35. The molecule has 0 aliphatic carbocycles. The molecule has 1 aromatic heterocycles. The maximum absolute atomic E-state index is 12.3. The Kier molecular flexibility index (Phi) is 5.36. The predicted molar refractivity (Wildman–Crippen MR) is 103 cm³/mol. The Labute approximate surface area is 151 Å². The Balaban J connectivity index is 1.64. The number of aromatic amines is 1. The van der Waals surface area contributed by atoms with Crippen LogP contribution >= 0.6 is 11.6 Å². The maximum atomic E-state index is 12.3. The summed E-state index contributed by atoms with van der Waals surface area (Å²) in [6, 6.07) is 14.8. The molecule has 0 fully saturated rings. The molecule has 1 unspecified atom stereocenters. The molecule has 3 rings (SSSR count). The van der Waals surface area contributed by atoms with Crippen molar-refractivity contribution < 1.29 is 4.79 Å². The summed E-state index contributed by atoms with van der Waals surface area (Å²) in [4.78, 5) is 15.5. The largest absolute Gasteiger partial charge is 0.374 e. The Morgan fingerprint density at radius 3 is 2.92 bits per heavy atom. The van der Waals surface area contributed by atoms with Crippen LogP contribution in [0.5, 0.6) is 0 Å².